The van der Waals surface area contributed by atoms with Crippen LogP contribution < -0.4 is 10.6 Å². The summed E-state index contributed by atoms with van der Waals surface area (Å²) < 4.78 is 0. The number of hydrogen-bond donors (Lipinski definition) is 3. The van der Waals surface area contributed by atoms with Crippen molar-refractivity contribution >= 4 is 23.3 Å². The zero-order valence-corrected chi connectivity index (χ0v) is 17.6. The van der Waals surface area contributed by atoms with E-state index in [-0.39, 0.29) is 18.3 Å². The highest BCUT2D eigenvalue weighted by Gasteiger charge is 2.24. The molecule has 0 saturated carbocycles. The third-order valence-electron chi connectivity index (χ3n) is 6.16. The number of amidine groups is 1. The molecule has 1 aliphatic heterocycles. The minimum atomic E-state index is -0.408. The van der Waals surface area contributed by atoms with Gasteiger partial charge in [-0.25, -0.2) is 0 Å². The van der Waals surface area contributed by atoms with Crippen molar-refractivity contribution in [2.75, 3.05) is 11.9 Å². The summed E-state index contributed by atoms with van der Waals surface area (Å²) in [5, 5.41) is 15.7. The van der Waals surface area contributed by atoms with Crippen molar-refractivity contribution in [3.63, 3.8) is 0 Å². The second-order valence-electron chi connectivity index (χ2n) is 8.36. The molecule has 2 aromatic rings. The van der Waals surface area contributed by atoms with Crippen molar-refractivity contribution in [2.45, 2.75) is 52.4 Å². The lowest BCUT2D eigenvalue weighted by molar-refractivity contribution is -0.118. The fourth-order valence-corrected chi connectivity index (χ4v) is 4.65. The Morgan fingerprint density at radius 1 is 1.27 bits per heavy atom. The summed E-state index contributed by atoms with van der Waals surface area (Å²) in [6, 6.07) is 7.77. The third kappa shape index (κ3) is 3.82. The van der Waals surface area contributed by atoms with Gasteiger partial charge in [0.05, 0.1) is 0 Å². The fraction of sp³-hybridized carbons (Fsp3) is 0.375. The third-order valence-corrected chi connectivity index (χ3v) is 6.16. The molecular formula is C24H27N3O3. The molecule has 1 aliphatic carbocycles. The van der Waals surface area contributed by atoms with E-state index >= 15 is 0 Å². The number of rotatable bonds is 4. The maximum absolute atomic E-state index is 12.3. The number of hydrogen-bond acceptors (Lipinski definition) is 4. The first-order valence-electron chi connectivity index (χ1n) is 10.4. The molecule has 2 amide bonds. The predicted molar refractivity (Wildman–Crippen MR) is 117 cm³/mol. The van der Waals surface area contributed by atoms with Gasteiger partial charge in [0.15, 0.2) is 5.84 Å². The molecule has 1 unspecified atom stereocenters. The molecule has 0 bridgehead atoms. The van der Waals surface area contributed by atoms with Crippen LogP contribution in [0.25, 0.3) is 0 Å². The maximum atomic E-state index is 12.3. The van der Waals surface area contributed by atoms with Crippen LogP contribution in [0.2, 0.25) is 0 Å². The normalized spacial score (nSPS) is 17.9. The van der Waals surface area contributed by atoms with Gasteiger partial charge in [-0.2, -0.15) is 0 Å². The van der Waals surface area contributed by atoms with E-state index in [9.17, 15) is 14.7 Å². The molecular weight excluding hydrogens is 378 g/mol. The van der Waals surface area contributed by atoms with E-state index < -0.39 is 5.91 Å². The molecule has 2 aliphatic rings. The number of carbonyl (C=O) groups excluding carboxylic acids is 2. The average Bonchev–Trinajstić information content (AvgIpc) is 3.13. The van der Waals surface area contributed by atoms with Crippen molar-refractivity contribution in [1.82, 2.24) is 5.32 Å². The van der Waals surface area contributed by atoms with E-state index in [1.807, 2.05) is 38.1 Å². The highest BCUT2D eigenvalue weighted by atomic mass is 16.3. The second kappa shape index (κ2) is 7.94. The molecule has 0 saturated heterocycles. The van der Waals surface area contributed by atoms with Crippen LogP contribution in [0, 0.1) is 13.8 Å². The van der Waals surface area contributed by atoms with Crippen molar-refractivity contribution < 1.29 is 14.7 Å². The summed E-state index contributed by atoms with van der Waals surface area (Å²) in [6.07, 6.45) is 4.06. The largest absolute Gasteiger partial charge is 0.508 e. The lowest BCUT2D eigenvalue weighted by Gasteiger charge is -2.26. The Morgan fingerprint density at radius 3 is 2.67 bits per heavy atom. The zero-order valence-electron chi connectivity index (χ0n) is 17.6. The summed E-state index contributed by atoms with van der Waals surface area (Å²) in [7, 11) is 0. The first kappa shape index (κ1) is 20.1. The monoisotopic (exact) mass is 405 g/mol. The number of phenolic OH excluding ortho intramolecular Hbond substituents is 1. The van der Waals surface area contributed by atoms with Crippen molar-refractivity contribution in [1.29, 1.82) is 0 Å². The second-order valence-corrected chi connectivity index (χ2v) is 8.36. The van der Waals surface area contributed by atoms with E-state index in [0.29, 0.717) is 17.4 Å². The quantitative estimate of drug-likeness (QED) is 0.727. The number of anilines is 1. The Hall–Kier alpha value is -3.15. The molecule has 0 aromatic heterocycles. The van der Waals surface area contributed by atoms with Gasteiger partial charge in [-0.1, -0.05) is 13.0 Å². The summed E-state index contributed by atoms with van der Waals surface area (Å²) in [6.45, 7) is 6.27. The molecule has 3 N–H and O–H groups in total. The number of amides is 2. The summed E-state index contributed by atoms with van der Waals surface area (Å²) in [4.78, 5) is 27.5. The lowest BCUT2D eigenvalue weighted by Crippen LogP contribution is -2.35. The molecule has 30 heavy (non-hydrogen) atoms. The van der Waals surface area contributed by atoms with Gasteiger partial charge in [0.25, 0.3) is 5.91 Å². The van der Waals surface area contributed by atoms with Crippen molar-refractivity contribution in [3.05, 3.63) is 57.6 Å². The highest BCUT2D eigenvalue weighted by molar-refractivity contribution is 6.45. The highest BCUT2D eigenvalue weighted by Crippen LogP contribution is 2.39. The average molecular weight is 405 g/mol. The van der Waals surface area contributed by atoms with Crippen LogP contribution in [-0.2, 0) is 22.4 Å². The molecule has 4 rings (SSSR count). The van der Waals surface area contributed by atoms with Crippen LogP contribution in [0.15, 0.2) is 29.3 Å². The van der Waals surface area contributed by atoms with Crippen LogP contribution in [0.5, 0.6) is 5.75 Å². The zero-order chi connectivity index (χ0) is 21.4. The van der Waals surface area contributed by atoms with Gasteiger partial charge in [-0.15, -0.1) is 0 Å². The Morgan fingerprint density at radius 2 is 2.00 bits per heavy atom. The number of nitrogens with zero attached hydrogens (tertiary/aromatic N) is 1. The minimum Gasteiger partial charge on any atom is -0.508 e. The smallest absolute Gasteiger partial charge is 0.291 e. The number of aryl methyl sites for hydroxylation is 2. The lowest BCUT2D eigenvalue weighted by atomic mass is 9.79. The number of aromatic hydroxyl groups is 1. The van der Waals surface area contributed by atoms with E-state index in [1.54, 1.807) is 0 Å². The molecule has 6 heteroatoms. The molecule has 156 valence electrons. The standard InChI is InChI=1S/C24H27N3O3/c1-13-5-4-6-18-16(7-8-20(28)22(13)18)11-19-14(2)9-17(10-15(19)3)26-24(30)23-25-12-21(29)27-23/h7-10,13,28H,4-6,11-12H2,1-3H3,(H,26,30)(H,25,27,29). The Balaban J connectivity index is 1.59. The first-order valence-corrected chi connectivity index (χ1v) is 10.4. The fourth-order valence-electron chi connectivity index (χ4n) is 4.65. The maximum Gasteiger partial charge on any atom is 0.291 e. The summed E-state index contributed by atoms with van der Waals surface area (Å²) in [5.74, 6) is 0.175. The van der Waals surface area contributed by atoms with E-state index in [0.717, 1.165) is 42.4 Å². The van der Waals surface area contributed by atoms with E-state index in [2.05, 4.69) is 22.5 Å². The number of carbonyl (C=O) groups is 2. The van der Waals surface area contributed by atoms with Crippen LogP contribution in [-0.4, -0.2) is 29.3 Å². The molecule has 6 nitrogen and oxygen atoms in total. The van der Waals surface area contributed by atoms with Crippen LogP contribution >= 0.6 is 0 Å². The number of aliphatic imine (C=N–C) groups is 1. The predicted octanol–water partition coefficient (Wildman–Crippen LogP) is 3.51. The number of phenols is 1. The molecule has 0 fully saturated rings. The minimum absolute atomic E-state index is 0.00465. The molecule has 1 heterocycles. The van der Waals surface area contributed by atoms with Gasteiger partial charge in [0.1, 0.15) is 12.3 Å². The van der Waals surface area contributed by atoms with Crippen molar-refractivity contribution in [2.24, 2.45) is 4.99 Å². The van der Waals surface area contributed by atoms with E-state index in [4.69, 9.17) is 0 Å². The molecule has 2 aromatic carbocycles. The van der Waals surface area contributed by atoms with Gasteiger partial charge in [-0.05, 0) is 91.5 Å². The van der Waals surface area contributed by atoms with Gasteiger partial charge < -0.3 is 15.7 Å². The van der Waals surface area contributed by atoms with Gasteiger partial charge in [0.2, 0.25) is 5.91 Å². The van der Waals surface area contributed by atoms with Gasteiger partial charge in [-0.3, -0.25) is 14.6 Å². The van der Waals surface area contributed by atoms with Crippen LogP contribution in [0.1, 0.15) is 59.1 Å². The SMILES string of the molecule is Cc1cc(NC(=O)C2=NCC(=O)N2)cc(C)c1Cc1ccc(O)c2c1CCCC2C. The van der Waals surface area contributed by atoms with E-state index in [1.165, 1.54) is 16.7 Å². The Labute approximate surface area is 176 Å². The summed E-state index contributed by atoms with van der Waals surface area (Å²) >= 11 is 0. The number of benzene rings is 2. The Kier molecular flexibility index (Phi) is 5.33. The topological polar surface area (TPSA) is 90.8 Å². The van der Waals surface area contributed by atoms with Crippen LogP contribution in [0.4, 0.5) is 5.69 Å². The van der Waals surface area contributed by atoms with Crippen LogP contribution in [0.3, 0.4) is 0 Å². The number of nitrogens with one attached hydrogen (secondary N) is 2. The van der Waals surface area contributed by atoms with Gasteiger partial charge >= 0.3 is 0 Å². The Bertz CT molecular complexity index is 1050. The van der Waals surface area contributed by atoms with Gasteiger partial charge in [0, 0.05) is 11.3 Å². The molecule has 0 spiro atoms. The molecule has 1 atom stereocenters. The first-order chi connectivity index (χ1) is 14.3. The summed E-state index contributed by atoms with van der Waals surface area (Å²) in [5.41, 5.74) is 7.76. The van der Waals surface area contributed by atoms with Crippen molar-refractivity contribution in [3.8, 4) is 5.75 Å². The molecule has 0 radical (unpaired) electrons. The number of fused-ring (bicyclic) bond motifs is 1.